The number of nitrogens with zero attached hydrogens (tertiary/aromatic N) is 5. The predicted octanol–water partition coefficient (Wildman–Crippen LogP) is 3.74. The van der Waals surface area contributed by atoms with Crippen molar-refractivity contribution in [3.05, 3.63) is 69.6 Å². The number of aryl methyl sites for hydroxylation is 2. The smallest absolute Gasteiger partial charge is 0.311 e. The Kier molecular flexibility index (Phi) is 7.71. The number of ether oxygens (including phenoxy) is 1. The van der Waals surface area contributed by atoms with Crippen molar-refractivity contribution in [1.29, 1.82) is 0 Å². The van der Waals surface area contributed by atoms with E-state index in [9.17, 15) is 14.9 Å². The Labute approximate surface area is 203 Å². The monoisotopic (exact) mass is 479 g/mol. The molecular formula is C25H29N5O5. The van der Waals surface area contributed by atoms with Crippen LogP contribution in [0.1, 0.15) is 35.2 Å². The summed E-state index contributed by atoms with van der Waals surface area (Å²) in [5.41, 5.74) is 2.22. The largest absolute Gasteiger partial charge is 0.487 e. The Morgan fingerprint density at radius 1 is 1.14 bits per heavy atom. The molecule has 0 N–H and O–H groups in total. The minimum absolute atomic E-state index is 0.172. The molecule has 0 unspecified atom stereocenters. The zero-order chi connectivity index (χ0) is 24.8. The summed E-state index contributed by atoms with van der Waals surface area (Å²) in [4.78, 5) is 32.3. The molecule has 10 nitrogen and oxygen atoms in total. The Balaban J connectivity index is 1.25. The number of rotatable bonds is 9. The lowest BCUT2D eigenvalue weighted by Gasteiger charge is -2.34. The topological polar surface area (TPSA) is 115 Å². The molecule has 1 aliphatic rings. The molecule has 1 fully saturated rings. The predicted molar refractivity (Wildman–Crippen MR) is 129 cm³/mol. The van der Waals surface area contributed by atoms with Crippen molar-refractivity contribution < 1.29 is 19.0 Å². The molecule has 184 valence electrons. The minimum atomic E-state index is -0.521. The van der Waals surface area contributed by atoms with E-state index in [4.69, 9.17) is 9.26 Å². The van der Waals surface area contributed by atoms with Crippen molar-refractivity contribution >= 4 is 11.6 Å². The van der Waals surface area contributed by atoms with Crippen LogP contribution in [0.25, 0.3) is 11.4 Å². The van der Waals surface area contributed by atoms with Crippen LogP contribution in [0, 0.1) is 17.0 Å². The highest BCUT2D eigenvalue weighted by molar-refractivity contribution is 5.95. The van der Waals surface area contributed by atoms with Gasteiger partial charge in [-0.3, -0.25) is 19.8 Å². The number of nitro benzene ring substituents is 1. The summed E-state index contributed by atoms with van der Waals surface area (Å²) in [6, 6.07) is 12.4. The standard InChI is InChI=1S/C25H29N5O5/c1-3-34-22-11-10-20(17-21(22)30(32)33)25(31)29-15-13-28(14-16-29)12-4-5-23-26-24(27-35-23)19-8-6-18(2)7-9-19/h6-11,17H,3-5,12-16H2,1-2H3. The molecule has 2 heterocycles. The molecule has 2 aromatic carbocycles. The number of hydrogen-bond donors (Lipinski definition) is 0. The van der Waals surface area contributed by atoms with E-state index in [-0.39, 0.29) is 17.3 Å². The van der Waals surface area contributed by atoms with Crippen LogP contribution in [-0.4, -0.2) is 70.1 Å². The summed E-state index contributed by atoms with van der Waals surface area (Å²) in [6.45, 7) is 7.58. The van der Waals surface area contributed by atoms with E-state index < -0.39 is 4.92 Å². The second-order valence-electron chi connectivity index (χ2n) is 8.49. The molecule has 1 amide bonds. The van der Waals surface area contributed by atoms with E-state index in [0.717, 1.165) is 31.6 Å². The lowest BCUT2D eigenvalue weighted by molar-refractivity contribution is -0.385. The highest BCUT2D eigenvalue weighted by atomic mass is 16.6. The highest BCUT2D eigenvalue weighted by Crippen LogP contribution is 2.28. The maximum absolute atomic E-state index is 12.9. The number of nitro groups is 1. The third-order valence-electron chi connectivity index (χ3n) is 6.00. The zero-order valence-electron chi connectivity index (χ0n) is 20.0. The van der Waals surface area contributed by atoms with Gasteiger partial charge in [0, 0.05) is 49.8 Å². The second kappa shape index (κ2) is 11.1. The SMILES string of the molecule is CCOc1ccc(C(=O)N2CCN(CCCc3nc(-c4ccc(C)cc4)no3)CC2)cc1[N+](=O)[O-]. The Morgan fingerprint density at radius 2 is 1.89 bits per heavy atom. The third-order valence-corrected chi connectivity index (χ3v) is 6.00. The van der Waals surface area contributed by atoms with Gasteiger partial charge in [0.15, 0.2) is 5.75 Å². The molecule has 3 aromatic rings. The third kappa shape index (κ3) is 6.02. The quantitative estimate of drug-likeness (QED) is 0.337. The maximum atomic E-state index is 12.9. The number of carbonyl (C=O) groups is 1. The van der Waals surface area contributed by atoms with E-state index in [1.807, 2.05) is 31.2 Å². The van der Waals surface area contributed by atoms with E-state index >= 15 is 0 Å². The van der Waals surface area contributed by atoms with Gasteiger partial charge in [-0.25, -0.2) is 0 Å². The van der Waals surface area contributed by atoms with Gasteiger partial charge >= 0.3 is 5.69 Å². The van der Waals surface area contributed by atoms with E-state index in [0.29, 0.717) is 43.4 Å². The van der Waals surface area contributed by atoms with Crippen LogP contribution in [0.5, 0.6) is 5.75 Å². The van der Waals surface area contributed by atoms with Crippen LogP contribution >= 0.6 is 0 Å². The molecule has 1 aromatic heterocycles. The van der Waals surface area contributed by atoms with Crippen LogP contribution in [0.3, 0.4) is 0 Å². The highest BCUT2D eigenvalue weighted by Gasteiger charge is 2.25. The molecule has 10 heteroatoms. The van der Waals surface area contributed by atoms with Crippen LogP contribution in [-0.2, 0) is 6.42 Å². The number of aromatic nitrogens is 2. The van der Waals surface area contributed by atoms with Gasteiger partial charge in [-0.2, -0.15) is 4.98 Å². The molecule has 0 atom stereocenters. The summed E-state index contributed by atoms with van der Waals surface area (Å²) >= 11 is 0. The Hall–Kier alpha value is -3.79. The summed E-state index contributed by atoms with van der Waals surface area (Å²) < 4.78 is 10.7. The van der Waals surface area contributed by atoms with Gasteiger partial charge in [0.2, 0.25) is 11.7 Å². The zero-order valence-corrected chi connectivity index (χ0v) is 20.0. The van der Waals surface area contributed by atoms with Crippen LogP contribution in [0.15, 0.2) is 47.0 Å². The first kappa shape index (κ1) is 24.3. The second-order valence-corrected chi connectivity index (χ2v) is 8.49. The molecule has 1 aliphatic heterocycles. The summed E-state index contributed by atoms with van der Waals surface area (Å²) in [5, 5.41) is 15.4. The van der Waals surface area contributed by atoms with E-state index in [1.54, 1.807) is 17.9 Å². The van der Waals surface area contributed by atoms with E-state index in [1.165, 1.54) is 17.7 Å². The summed E-state index contributed by atoms with van der Waals surface area (Å²) in [7, 11) is 0. The van der Waals surface area contributed by atoms with Gasteiger partial charge in [0.25, 0.3) is 5.91 Å². The van der Waals surface area contributed by atoms with Crippen molar-refractivity contribution in [2.45, 2.75) is 26.7 Å². The number of carbonyl (C=O) groups excluding carboxylic acids is 1. The van der Waals surface area contributed by atoms with Gasteiger partial charge < -0.3 is 14.2 Å². The first-order valence-electron chi connectivity index (χ1n) is 11.8. The Morgan fingerprint density at radius 3 is 2.57 bits per heavy atom. The normalized spacial score (nSPS) is 14.2. The van der Waals surface area contributed by atoms with Gasteiger partial charge in [0.05, 0.1) is 11.5 Å². The fraction of sp³-hybridized carbons (Fsp3) is 0.400. The average molecular weight is 480 g/mol. The van der Waals surface area contributed by atoms with Gasteiger partial charge in [-0.05, 0) is 38.9 Å². The van der Waals surface area contributed by atoms with Crippen LogP contribution in [0.4, 0.5) is 5.69 Å². The van der Waals surface area contributed by atoms with Crippen molar-refractivity contribution in [2.75, 3.05) is 39.3 Å². The first-order valence-corrected chi connectivity index (χ1v) is 11.8. The summed E-state index contributed by atoms with van der Waals surface area (Å²) in [5.74, 6) is 1.18. The van der Waals surface area contributed by atoms with Crippen molar-refractivity contribution in [3.8, 4) is 17.1 Å². The van der Waals surface area contributed by atoms with Crippen LogP contribution in [0.2, 0.25) is 0 Å². The lowest BCUT2D eigenvalue weighted by atomic mass is 10.1. The molecule has 0 radical (unpaired) electrons. The fourth-order valence-electron chi connectivity index (χ4n) is 4.06. The van der Waals surface area contributed by atoms with Crippen molar-refractivity contribution in [1.82, 2.24) is 19.9 Å². The average Bonchev–Trinajstić information content (AvgIpc) is 3.34. The van der Waals surface area contributed by atoms with Crippen molar-refractivity contribution in [2.24, 2.45) is 0 Å². The number of hydrogen-bond acceptors (Lipinski definition) is 8. The van der Waals surface area contributed by atoms with Crippen LogP contribution < -0.4 is 4.74 Å². The number of amides is 1. The first-order chi connectivity index (χ1) is 16.9. The lowest BCUT2D eigenvalue weighted by Crippen LogP contribution is -2.48. The number of piperazine rings is 1. The molecule has 35 heavy (non-hydrogen) atoms. The summed E-state index contributed by atoms with van der Waals surface area (Å²) in [6.07, 6.45) is 1.56. The fourth-order valence-corrected chi connectivity index (χ4v) is 4.06. The molecule has 4 rings (SSSR count). The van der Waals surface area contributed by atoms with Gasteiger partial charge in [-0.15, -0.1) is 0 Å². The van der Waals surface area contributed by atoms with Gasteiger partial charge in [-0.1, -0.05) is 35.0 Å². The molecular weight excluding hydrogens is 450 g/mol. The molecule has 0 aliphatic carbocycles. The maximum Gasteiger partial charge on any atom is 0.311 e. The van der Waals surface area contributed by atoms with E-state index in [2.05, 4.69) is 15.0 Å². The van der Waals surface area contributed by atoms with Crippen molar-refractivity contribution in [3.63, 3.8) is 0 Å². The molecule has 0 saturated carbocycles. The molecule has 0 bridgehead atoms. The number of benzene rings is 2. The molecule has 1 saturated heterocycles. The Bertz CT molecular complexity index is 1170. The minimum Gasteiger partial charge on any atom is -0.487 e. The molecule has 0 spiro atoms. The van der Waals surface area contributed by atoms with Gasteiger partial charge in [0.1, 0.15) is 0 Å².